The Bertz CT molecular complexity index is 440. The van der Waals surface area contributed by atoms with Crippen LogP contribution in [0.1, 0.15) is 68.1 Å². The highest BCUT2D eigenvalue weighted by molar-refractivity contribution is 7.11. The molecule has 20 heavy (non-hydrogen) atoms. The topological polar surface area (TPSA) is 34.2 Å². The Balaban J connectivity index is 2.01. The molecule has 114 valence electrons. The summed E-state index contributed by atoms with van der Waals surface area (Å²) in [6.07, 6.45) is 4.43. The minimum atomic E-state index is 0.0860. The van der Waals surface area contributed by atoms with E-state index in [2.05, 4.69) is 44.9 Å². The van der Waals surface area contributed by atoms with Crippen molar-refractivity contribution in [2.24, 2.45) is 0 Å². The number of rotatable bonds is 5. The number of ether oxygens (including phenoxy) is 1. The van der Waals surface area contributed by atoms with Gasteiger partial charge in [0.25, 0.3) is 0 Å². The Labute approximate surface area is 127 Å². The van der Waals surface area contributed by atoms with Gasteiger partial charge in [-0.2, -0.15) is 0 Å². The summed E-state index contributed by atoms with van der Waals surface area (Å²) in [5.74, 6) is 0. The van der Waals surface area contributed by atoms with Gasteiger partial charge < -0.3 is 10.1 Å². The Morgan fingerprint density at radius 3 is 2.65 bits per heavy atom. The van der Waals surface area contributed by atoms with Gasteiger partial charge in [-0.25, -0.2) is 4.98 Å². The average Bonchev–Trinajstić information content (AvgIpc) is 2.78. The molecule has 1 aromatic rings. The van der Waals surface area contributed by atoms with E-state index in [0.29, 0.717) is 12.1 Å². The van der Waals surface area contributed by atoms with Crippen LogP contribution in [0.15, 0.2) is 0 Å². The summed E-state index contributed by atoms with van der Waals surface area (Å²) in [7, 11) is 0. The zero-order chi connectivity index (χ0) is 14.8. The molecular weight excluding hydrogens is 268 g/mol. The lowest BCUT2D eigenvalue weighted by Crippen LogP contribution is -2.47. The zero-order valence-corrected chi connectivity index (χ0v) is 14.3. The molecular formula is C16H28N2OS. The summed E-state index contributed by atoms with van der Waals surface area (Å²) < 4.78 is 6.06. The van der Waals surface area contributed by atoms with Crippen LogP contribution in [0.3, 0.4) is 0 Å². The van der Waals surface area contributed by atoms with E-state index in [1.54, 1.807) is 11.3 Å². The minimum absolute atomic E-state index is 0.0860. The zero-order valence-electron chi connectivity index (χ0n) is 13.5. The summed E-state index contributed by atoms with van der Waals surface area (Å²) >= 11 is 1.79. The molecule has 1 aliphatic rings. The highest BCUT2D eigenvalue weighted by Crippen LogP contribution is 2.32. The third kappa shape index (κ3) is 3.41. The molecule has 0 bridgehead atoms. The first-order valence-electron chi connectivity index (χ1n) is 7.83. The number of nitrogens with zero attached hydrogens (tertiary/aromatic N) is 1. The molecule has 0 spiro atoms. The van der Waals surface area contributed by atoms with Gasteiger partial charge in [0.15, 0.2) is 0 Å². The maximum absolute atomic E-state index is 6.06. The van der Waals surface area contributed by atoms with Crippen LogP contribution in [-0.2, 0) is 4.74 Å². The van der Waals surface area contributed by atoms with Crippen molar-refractivity contribution in [1.29, 1.82) is 0 Å². The van der Waals surface area contributed by atoms with E-state index in [9.17, 15) is 0 Å². The van der Waals surface area contributed by atoms with Crippen molar-refractivity contribution in [2.45, 2.75) is 78.0 Å². The van der Waals surface area contributed by atoms with Gasteiger partial charge in [0.1, 0.15) is 0 Å². The average molecular weight is 296 g/mol. The first-order valence-corrected chi connectivity index (χ1v) is 8.65. The van der Waals surface area contributed by atoms with Gasteiger partial charge in [-0.3, -0.25) is 0 Å². The smallest absolute Gasteiger partial charge is 0.0900 e. The van der Waals surface area contributed by atoms with Crippen LogP contribution in [0.25, 0.3) is 0 Å². The second-order valence-corrected chi connectivity index (χ2v) is 7.40. The van der Waals surface area contributed by atoms with Crippen molar-refractivity contribution in [1.82, 2.24) is 10.3 Å². The van der Waals surface area contributed by atoms with Crippen molar-refractivity contribution in [2.75, 3.05) is 6.61 Å². The van der Waals surface area contributed by atoms with E-state index < -0.39 is 0 Å². The lowest BCUT2D eigenvalue weighted by Gasteiger charge is -2.41. The summed E-state index contributed by atoms with van der Waals surface area (Å²) in [5.41, 5.74) is 1.31. The molecule has 1 fully saturated rings. The maximum atomic E-state index is 6.06. The van der Waals surface area contributed by atoms with E-state index >= 15 is 0 Å². The quantitative estimate of drug-likeness (QED) is 0.886. The van der Waals surface area contributed by atoms with Gasteiger partial charge >= 0.3 is 0 Å². The van der Waals surface area contributed by atoms with Crippen LogP contribution in [-0.4, -0.2) is 23.2 Å². The fraction of sp³-hybridized carbons (Fsp3) is 0.812. The predicted molar refractivity (Wildman–Crippen MR) is 85.4 cm³/mol. The Morgan fingerprint density at radius 1 is 1.40 bits per heavy atom. The van der Waals surface area contributed by atoms with Crippen LogP contribution < -0.4 is 5.32 Å². The fourth-order valence-corrected chi connectivity index (χ4v) is 4.21. The van der Waals surface area contributed by atoms with Gasteiger partial charge in [0.05, 0.1) is 16.3 Å². The molecule has 1 aliphatic heterocycles. The predicted octanol–water partition coefficient (Wildman–Crippen LogP) is 4.15. The van der Waals surface area contributed by atoms with Crippen LogP contribution in [0, 0.1) is 13.8 Å². The van der Waals surface area contributed by atoms with Crippen molar-refractivity contribution in [3.05, 3.63) is 15.6 Å². The molecule has 0 radical (unpaired) electrons. The number of nitrogens with one attached hydrogen (secondary N) is 1. The summed E-state index contributed by atoms with van der Waals surface area (Å²) in [5, 5.41) is 4.94. The number of hydrogen-bond donors (Lipinski definition) is 1. The molecule has 0 aromatic carbocycles. The fourth-order valence-electron chi connectivity index (χ4n) is 3.29. The lowest BCUT2D eigenvalue weighted by atomic mass is 9.85. The summed E-state index contributed by atoms with van der Waals surface area (Å²) in [6, 6.07) is 0.870. The second-order valence-electron chi connectivity index (χ2n) is 5.99. The highest BCUT2D eigenvalue weighted by Gasteiger charge is 2.35. The number of aryl methyl sites for hydroxylation is 2. The van der Waals surface area contributed by atoms with E-state index in [4.69, 9.17) is 4.74 Å². The Kier molecular flexibility index (Phi) is 5.21. The van der Waals surface area contributed by atoms with Gasteiger partial charge in [-0.15, -0.1) is 11.3 Å². The first-order chi connectivity index (χ1) is 9.49. The molecule has 2 rings (SSSR count). The normalized spacial score (nSPS) is 23.8. The van der Waals surface area contributed by atoms with Crippen LogP contribution in [0.4, 0.5) is 0 Å². The Morgan fingerprint density at radius 2 is 2.10 bits per heavy atom. The van der Waals surface area contributed by atoms with Gasteiger partial charge in [0.2, 0.25) is 0 Å². The molecule has 0 amide bonds. The molecule has 4 heteroatoms. The van der Waals surface area contributed by atoms with E-state index in [-0.39, 0.29) is 5.60 Å². The van der Waals surface area contributed by atoms with Crippen LogP contribution >= 0.6 is 11.3 Å². The first kappa shape index (κ1) is 15.9. The highest BCUT2D eigenvalue weighted by atomic mass is 32.1. The van der Waals surface area contributed by atoms with Gasteiger partial charge in [0, 0.05) is 23.6 Å². The molecule has 1 aromatic heterocycles. The molecule has 2 atom stereocenters. The van der Waals surface area contributed by atoms with E-state index in [0.717, 1.165) is 37.3 Å². The number of thiazole rings is 1. The molecule has 1 N–H and O–H groups in total. The van der Waals surface area contributed by atoms with Gasteiger partial charge in [-0.1, -0.05) is 13.8 Å². The second kappa shape index (κ2) is 6.54. The van der Waals surface area contributed by atoms with Crippen molar-refractivity contribution in [3.63, 3.8) is 0 Å². The molecule has 3 nitrogen and oxygen atoms in total. The van der Waals surface area contributed by atoms with E-state index in [1.165, 1.54) is 10.6 Å². The number of hydrogen-bond acceptors (Lipinski definition) is 4. The molecule has 1 saturated heterocycles. The standard InChI is InChI=1S/C16H28N2OS/c1-6-16(7-2)10-14(8-9-19-16)17-11(3)15-12(4)20-13(5)18-15/h11,14,17H,6-10H2,1-5H3. The summed E-state index contributed by atoms with van der Waals surface area (Å²) in [4.78, 5) is 6.02. The lowest BCUT2D eigenvalue weighted by molar-refractivity contribution is -0.0940. The van der Waals surface area contributed by atoms with Crippen LogP contribution in [0.2, 0.25) is 0 Å². The number of aromatic nitrogens is 1. The molecule has 0 aliphatic carbocycles. The summed E-state index contributed by atoms with van der Waals surface area (Å²) in [6.45, 7) is 11.8. The minimum Gasteiger partial charge on any atom is -0.375 e. The molecule has 2 unspecified atom stereocenters. The Hall–Kier alpha value is -0.450. The van der Waals surface area contributed by atoms with Crippen molar-refractivity contribution in [3.8, 4) is 0 Å². The third-order valence-corrected chi connectivity index (χ3v) is 5.52. The molecule has 2 heterocycles. The van der Waals surface area contributed by atoms with Crippen molar-refractivity contribution < 1.29 is 4.74 Å². The third-order valence-electron chi connectivity index (χ3n) is 4.62. The van der Waals surface area contributed by atoms with Crippen LogP contribution in [0.5, 0.6) is 0 Å². The van der Waals surface area contributed by atoms with Crippen molar-refractivity contribution >= 4 is 11.3 Å². The maximum Gasteiger partial charge on any atom is 0.0900 e. The monoisotopic (exact) mass is 296 g/mol. The molecule has 0 saturated carbocycles. The SMILES string of the molecule is CCC1(CC)CC(NC(C)c2nc(C)sc2C)CCO1. The van der Waals surface area contributed by atoms with E-state index in [1.807, 2.05) is 0 Å². The largest absolute Gasteiger partial charge is 0.375 e. The van der Waals surface area contributed by atoms with Gasteiger partial charge in [-0.05, 0) is 46.5 Å².